The molecule has 36 heavy (non-hydrogen) atoms. The van der Waals surface area contributed by atoms with Crippen LogP contribution in [0.25, 0.3) is 10.2 Å². The normalized spacial score (nSPS) is 11.2. The molecule has 8 heteroatoms. The number of benzene rings is 1. The van der Waals surface area contributed by atoms with Gasteiger partial charge >= 0.3 is 0 Å². The Balaban J connectivity index is 1.42. The quantitative estimate of drug-likeness (QED) is 0.125. The van der Waals surface area contributed by atoms with Gasteiger partial charge in [-0.3, -0.25) is 14.4 Å². The van der Waals surface area contributed by atoms with Crippen molar-refractivity contribution in [2.75, 3.05) is 18.5 Å². The fourth-order valence-corrected chi connectivity index (χ4v) is 4.69. The zero-order valence-corrected chi connectivity index (χ0v) is 22.6. The Kier molecular flexibility index (Phi) is 14.5. The molecule has 2 amide bonds. The summed E-state index contributed by atoms with van der Waals surface area (Å²) < 4.78 is 6.98. The maximum absolute atomic E-state index is 11.3. The largest absolute Gasteiger partial charge is 0.491 e. The zero-order chi connectivity index (χ0) is 26.0. The van der Waals surface area contributed by atoms with Crippen LogP contribution in [-0.4, -0.2) is 35.7 Å². The molecule has 0 atom stereocenters. The molecular formula is C28H41N3O4S. The molecule has 0 spiro atoms. The van der Waals surface area contributed by atoms with Crippen molar-refractivity contribution in [2.45, 2.75) is 90.9 Å². The van der Waals surface area contributed by atoms with E-state index in [-0.39, 0.29) is 18.1 Å². The van der Waals surface area contributed by atoms with Crippen molar-refractivity contribution in [3.8, 4) is 5.75 Å². The summed E-state index contributed by atoms with van der Waals surface area (Å²) in [5.74, 6) is -0.134. The number of carbonyl (C=O) groups is 3. The number of para-hydroxylation sites is 1. The first-order valence-corrected chi connectivity index (χ1v) is 14.1. The molecule has 2 rings (SSSR count). The number of fused-ring (bicyclic) bond motifs is 1. The number of ether oxygens (including phenoxy) is 1. The van der Waals surface area contributed by atoms with Crippen LogP contribution in [0.3, 0.4) is 0 Å². The van der Waals surface area contributed by atoms with E-state index in [1.807, 2.05) is 18.2 Å². The van der Waals surface area contributed by atoms with Gasteiger partial charge in [0.2, 0.25) is 11.7 Å². The van der Waals surface area contributed by atoms with Gasteiger partial charge in [-0.15, -0.1) is 0 Å². The topological polar surface area (TPSA) is 97.4 Å². The molecule has 1 aromatic carbocycles. The highest BCUT2D eigenvalue weighted by Crippen LogP contribution is 2.32. The van der Waals surface area contributed by atoms with Crippen molar-refractivity contribution in [1.29, 1.82) is 0 Å². The van der Waals surface area contributed by atoms with E-state index < -0.39 is 5.91 Å². The van der Waals surface area contributed by atoms with Gasteiger partial charge in [-0.25, -0.2) is 4.98 Å². The van der Waals surface area contributed by atoms with Gasteiger partial charge in [0, 0.05) is 19.9 Å². The van der Waals surface area contributed by atoms with E-state index >= 15 is 0 Å². The summed E-state index contributed by atoms with van der Waals surface area (Å²) in [4.78, 5) is 38.3. The van der Waals surface area contributed by atoms with Gasteiger partial charge in [-0.05, 0) is 50.7 Å². The number of rotatable bonds is 19. The molecule has 2 N–H and O–H groups in total. The van der Waals surface area contributed by atoms with E-state index in [4.69, 9.17) is 4.74 Å². The van der Waals surface area contributed by atoms with Crippen molar-refractivity contribution >= 4 is 44.3 Å². The summed E-state index contributed by atoms with van der Waals surface area (Å²) >= 11 is 1.46. The summed E-state index contributed by atoms with van der Waals surface area (Å²) in [5, 5.41) is 6.01. The van der Waals surface area contributed by atoms with Crippen LogP contribution in [0.15, 0.2) is 30.4 Å². The number of anilines is 1. The Morgan fingerprint density at radius 2 is 1.61 bits per heavy atom. The lowest BCUT2D eigenvalue weighted by Crippen LogP contribution is -2.31. The van der Waals surface area contributed by atoms with Crippen molar-refractivity contribution < 1.29 is 19.1 Å². The van der Waals surface area contributed by atoms with Crippen LogP contribution in [0.5, 0.6) is 5.75 Å². The van der Waals surface area contributed by atoms with Crippen LogP contribution < -0.4 is 15.4 Å². The fraction of sp³-hybridized carbons (Fsp3) is 0.571. The number of aromatic nitrogens is 1. The average molecular weight is 516 g/mol. The van der Waals surface area contributed by atoms with E-state index in [0.717, 1.165) is 54.5 Å². The Bertz CT molecular complexity index is 986. The second-order valence-electron chi connectivity index (χ2n) is 8.91. The molecule has 7 nitrogen and oxygen atoms in total. The predicted molar refractivity (Wildman–Crippen MR) is 148 cm³/mol. The second-order valence-corrected chi connectivity index (χ2v) is 9.95. The number of carbonyl (C=O) groups excluding carboxylic acids is 3. The lowest BCUT2D eigenvalue weighted by atomic mass is 10.1. The lowest BCUT2D eigenvalue weighted by Gasteiger charge is -2.06. The first-order valence-electron chi connectivity index (χ1n) is 13.3. The van der Waals surface area contributed by atoms with Gasteiger partial charge in [0.05, 0.1) is 11.3 Å². The minimum absolute atomic E-state index is 0.119. The van der Waals surface area contributed by atoms with Gasteiger partial charge in [0.25, 0.3) is 5.91 Å². The molecule has 0 unspecified atom stereocenters. The number of hydrogen-bond acceptors (Lipinski definition) is 6. The maximum Gasteiger partial charge on any atom is 0.287 e. The number of allylic oxidation sites excluding steroid dienone is 2. The third-order valence-electron chi connectivity index (χ3n) is 5.76. The van der Waals surface area contributed by atoms with Crippen LogP contribution in [0.1, 0.15) is 90.9 Å². The van der Waals surface area contributed by atoms with Crippen LogP contribution in [-0.2, 0) is 14.4 Å². The number of amides is 2. The molecule has 0 fully saturated rings. The minimum Gasteiger partial charge on any atom is -0.491 e. The fourth-order valence-electron chi connectivity index (χ4n) is 3.76. The monoisotopic (exact) mass is 515 g/mol. The lowest BCUT2D eigenvalue weighted by molar-refractivity contribution is -0.137. The molecule has 2 aromatic rings. The molecular weight excluding hydrogens is 474 g/mol. The van der Waals surface area contributed by atoms with E-state index in [1.165, 1.54) is 50.4 Å². The Labute approximate surface area is 219 Å². The number of nitrogens with one attached hydrogen (secondary N) is 2. The number of unbranched alkanes of at least 4 members (excludes halogenated alkanes) is 9. The standard InChI is InChI=1S/C28H41N3O4S/c1-3-23(33)27(34)29-20-15-13-11-9-7-5-4-6-8-10-12-14-16-21-35-24-18-17-19-25-26(24)31-28(36-25)30-22(2)32/h7,9,17-19H,3-6,8,10-16,20-21H2,1-2H3,(H,29,34)(H,30,31,32)/b9-7-. The maximum atomic E-state index is 11.3. The SMILES string of the molecule is CCC(=O)C(=O)NCCCC/C=C\CCCCCCCCCOc1cccc2sc(NC(C)=O)nc12. The van der Waals surface area contributed by atoms with E-state index in [2.05, 4.69) is 27.8 Å². The molecule has 0 saturated carbocycles. The summed E-state index contributed by atoms with van der Waals surface area (Å²) in [6.45, 7) is 4.44. The predicted octanol–water partition coefficient (Wildman–Crippen LogP) is 6.58. The number of ketones is 1. The molecule has 0 bridgehead atoms. The molecule has 0 aliphatic heterocycles. The smallest absolute Gasteiger partial charge is 0.287 e. The van der Waals surface area contributed by atoms with Gasteiger partial charge in [0.1, 0.15) is 11.3 Å². The molecule has 0 aliphatic carbocycles. The highest BCUT2D eigenvalue weighted by atomic mass is 32.1. The van der Waals surface area contributed by atoms with Crippen molar-refractivity contribution in [3.63, 3.8) is 0 Å². The van der Waals surface area contributed by atoms with Gasteiger partial charge in [0.15, 0.2) is 5.13 Å². The first kappa shape index (κ1) is 29.5. The summed E-state index contributed by atoms with van der Waals surface area (Å²) in [5.41, 5.74) is 0.814. The number of thiazole rings is 1. The van der Waals surface area contributed by atoms with Crippen molar-refractivity contribution in [2.24, 2.45) is 0 Å². The van der Waals surface area contributed by atoms with Crippen molar-refractivity contribution in [1.82, 2.24) is 10.3 Å². The van der Waals surface area contributed by atoms with E-state index in [0.29, 0.717) is 18.3 Å². The molecule has 198 valence electrons. The van der Waals surface area contributed by atoms with Crippen molar-refractivity contribution in [3.05, 3.63) is 30.4 Å². The zero-order valence-electron chi connectivity index (χ0n) is 21.8. The van der Waals surface area contributed by atoms with E-state index in [9.17, 15) is 14.4 Å². The third-order valence-corrected chi connectivity index (χ3v) is 6.70. The van der Waals surface area contributed by atoms with Crippen LogP contribution in [0.4, 0.5) is 5.13 Å². The van der Waals surface area contributed by atoms with Crippen LogP contribution in [0, 0.1) is 0 Å². The highest BCUT2D eigenvalue weighted by Gasteiger charge is 2.10. The van der Waals surface area contributed by atoms with Gasteiger partial charge < -0.3 is 15.4 Å². The average Bonchev–Trinajstić information content (AvgIpc) is 3.27. The molecule has 0 radical (unpaired) electrons. The van der Waals surface area contributed by atoms with Gasteiger partial charge in [-0.1, -0.05) is 68.6 Å². The Hall–Kier alpha value is -2.74. The number of nitrogens with zero attached hydrogens (tertiary/aromatic N) is 1. The Morgan fingerprint density at radius 1 is 0.944 bits per heavy atom. The summed E-state index contributed by atoms with van der Waals surface area (Å²) in [6.07, 6.45) is 17.3. The molecule has 0 aliphatic rings. The molecule has 1 aromatic heterocycles. The molecule has 1 heterocycles. The first-order chi connectivity index (χ1) is 17.5. The minimum atomic E-state index is -0.454. The highest BCUT2D eigenvalue weighted by molar-refractivity contribution is 7.22. The Morgan fingerprint density at radius 3 is 2.31 bits per heavy atom. The van der Waals surface area contributed by atoms with E-state index in [1.54, 1.807) is 6.92 Å². The van der Waals surface area contributed by atoms with Gasteiger partial charge in [-0.2, -0.15) is 0 Å². The summed E-state index contributed by atoms with van der Waals surface area (Å²) in [6, 6.07) is 5.89. The molecule has 0 saturated heterocycles. The van der Waals surface area contributed by atoms with Crippen LogP contribution >= 0.6 is 11.3 Å². The number of Topliss-reactive ketones (excluding diaryl/α,β-unsaturated/α-hetero) is 1. The van der Waals surface area contributed by atoms with Crippen LogP contribution in [0.2, 0.25) is 0 Å². The second kappa shape index (κ2) is 17.7. The number of hydrogen-bond donors (Lipinski definition) is 2. The summed E-state index contributed by atoms with van der Waals surface area (Å²) in [7, 11) is 0. The third kappa shape index (κ3) is 11.8.